The van der Waals surface area contributed by atoms with E-state index in [2.05, 4.69) is 16.9 Å². The second-order valence-corrected chi connectivity index (χ2v) is 6.33. The number of piperidine rings is 1. The van der Waals surface area contributed by atoms with Gasteiger partial charge in [-0.2, -0.15) is 5.10 Å². The smallest absolute Gasteiger partial charge is 0.114 e. The van der Waals surface area contributed by atoms with E-state index >= 15 is 0 Å². The lowest BCUT2D eigenvalue weighted by Crippen LogP contribution is -2.53. The highest BCUT2D eigenvalue weighted by atomic mass is 16.3. The Hall–Kier alpha value is -0.870. The standard InChI is InChI=1S/C16H27N3O/c1-2-19-14(8-11-17-19)15(20)16(9-4-5-10-16)18-12-6-3-7-13-18/h8,11,15,20H,2-7,9-10,12-13H2,1H3. The largest absolute Gasteiger partial charge is 0.385 e. The van der Waals surface area contributed by atoms with Gasteiger partial charge in [0.1, 0.15) is 6.10 Å². The lowest BCUT2D eigenvalue weighted by atomic mass is 9.84. The summed E-state index contributed by atoms with van der Waals surface area (Å²) in [6.45, 7) is 5.22. The van der Waals surface area contributed by atoms with E-state index in [1.54, 1.807) is 0 Å². The lowest BCUT2D eigenvalue weighted by molar-refractivity contribution is -0.0443. The zero-order valence-corrected chi connectivity index (χ0v) is 12.6. The van der Waals surface area contributed by atoms with Gasteiger partial charge >= 0.3 is 0 Å². The van der Waals surface area contributed by atoms with Gasteiger partial charge in [0.05, 0.1) is 11.2 Å². The highest BCUT2D eigenvalue weighted by Gasteiger charge is 2.47. The van der Waals surface area contributed by atoms with Crippen molar-refractivity contribution in [3.05, 3.63) is 18.0 Å². The van der Waals surface area contributed by atoms with Gasteiger partial charge in [0.2, 0.25) is 0 Å². The predicted octanol–water partition coefficient (Wildman–Crippen LogP) is 2.74. The summed E-state index contributed by atoms with van der Waals surface area (Å²) in [4.78, 5) is 2.58. The molecule has 4 nitrogen and oxygen atoms in total. The van der Waals surface area contributed by atoms with E-state index in [-0.39, 0.29) is 5.54 Å². The van der Waals surface area contributed by atoms with Crippen molar-refractivity contribution in [2.45, 2.75) is 70.1 Å². The molecule has 112 valence electrons. The third-order valence-corrected chi connectivity index (χ3v) is 5.29. The number of aromatic nitrogens is 2. The number of aryl methyl sites for hydroxylation is 1. The Labute approximate surface area is 121 Å². The van der Waals surface area contributed by atoms with Gasteiger partial charge in [-0.25, -0.2) is 0 Å². The molecule has 1 aliphatic heterocycles. The summed E-state index contributed by atoms with van der Waals surface area (Å²) in [7, 11) is 0. The van der Waals surface area contributed by atoms with Crippen molar-refractivity contribution in [1.29, 1.82) is 0 Å². The fourth-order valence-electron chi connectivity index (χ4n) is 4.20. The minimum Gasteiger partial charge on any atom is -0.385 e. The summed E-state index contributed by atoms with van der Waals surface area (Å²) in [5.74, 6) is 0. The van der Waals surface area contributed by atoms with Crippen LogP contribution in [0.3, 0.4) is 0 Å². The van der Waals surface area contributed by atoms with Crippen LogP contribution in [-0.4, -0.2) is 38.4 Å². The Morgan fingerprint density at radius 3 is 2.55 bits per heavy atom. The van der Waals surface area contributed by atoms with Gasteiger partial charge in [-0.1, -0.05) is 19.3 Å². The number of hydrogen-bond donors (Lipinski definition) is 1. The zero-order chi connectivity index (χ0) is 14.0. The first-order chi connectivity index (χ1) is 9.78. The van der Waals surface area contributed by atoms with Crippen LogP contribution in [0.25, 0.3) is 0 Å². The Kier molecular flexibility index (Phi) is 4.13. The summed E-state index contributed by atoms with van der Waals surface area (Å²) in [6, 6.07) is 2.00. The third kappa shape index (κ3) is 2.29. The van der Waals surface area contributed by atoms with Gasteiger partial charge in [-0.05, 0) is 51.8 Å². The molecule has 0 aromatic carbocycles. The molecule has 1 aromatic heterocycles. The molecule has 1 aromatic rings. The average molecular weight is 277 g/mol. The number of aliphatic hydroxyl groups is 1. The first-order valence-corrected chi connectivity index (χ1v) is 8.23. The van der Waals surface area contributed by atoms with Crippen molar-refractivity contribution in [3.8, 4) is 0 Å². The number of hydrogen-bond acceptors (Lipinski definition) is 3. The molecule has 1 unspecified atom stereocenters. The summed E-state index contributed by atoms with van der Waals surface area (Å²) in [6.07, 6.45) is 10.1. The van der Waals surface area contributed by atoms with Crippen LogP contribution in [0.2, 0.25) is 0 Å². The minimum absolute atomic E-state index is 0.0344. The number of nitrogens with zero attached hydrogens (tertiary/aromatic N) is 3. The van der Waals surface area contributed by atoms with Crippen LogP contribution in [-0.2, 0) is 6.54 Å². The molecular formula is C16H27N3O. The average Bonchev–Trinajstić information content (AvgIpc) is 3.17. The van der Waals surface area contributed by atoms with Crippen molar-refractivity contribution in [2.75, 3.05) is 13.1 Å². The summed E-state index contributed by atoms with van der Waals surface area (Å²) in [5.41, 5.74) is 0.966. The molecule has 0 spiro atoms. The Bertz CT molecular complexity index is 431. The number of rotatable bonds is 4. The molecule has 20 heavy (non-hydrogen) atoms. The molecular weight excluding hydrogens is 250 g/mol. The van der Waals surface area contributed by atoms with Gasteiger partial charge in [-0.15, -0.1) is 0 Å². The first kappa shape index (κ1) is 14.1. The van der Waals surface area contributed by atoms with E-state index in [0.29, 0.717) is 0 Å². The van der Waals surface area contributed by atoms with Gasteiger partial charge in [0, 0.05) is 12.7 Å². The summed E-state index contributed by atoms with van der Waals surface area (Å²) < 4.78 is 1.95. The zero-order valence-electron chi connectivity index (χ0n) is 12.6. The minimum atomic E-state index is -0.398. The molecule has 3 rings (SSSR count). The SMILES string of the molecule is CCn1nccc1C(O)C1(N2CCCCC2)CCCC1. The quantitative estimate of drug-likeness (QED) is 0.920. The van der Waals surface area contributed by atoms with Crippen molar-refractivity contribution in [2.24, 2.45) is 0 Å². The maximum Gasteiger partial charge on any atom is 0.114 e. The molecule has 1 saturated heterocycles. The first-order valence-electron chi connectivity index (χ1n) is 8.23. The maximum absolute atomic E-state index is 11.1. The highest BCUT2D eigenvalue weighted by Crippen LogP contribution is 2.45. The van der Waals surface area contributed by atoms with Crippen molar-refractivity contribution in [1.82, 2.24) is 14.7 Å². The van der Waals surface area contributed by atoms with Crippen LogP contribution >= 0.6 is 0 Å². The second kappa shape index (κ2) is 5.86. The molecule has 1 aliphatic carbocycles. The maximum atomic E-state index is 11.1. The van der Waals surface area contributed by atoms with E-state index in [0.717, 1.165) is 38.2 Å². The van der Waals surface area contributed by atoms with Crippen LogP contribution in [0.4, 0.5) is 0 Å². The van der Waals surface area contributed by atoms with Gasteiger partial charge < -0.3 is 5.11 Å². The van der Waals surface area contributed by atoms with E-state index in [9.17, 15) is 5.11 Å². The Morgan fingerprint density at radius 1 is 1.20 bits per heavy atom. The molecule has 1 saturated carbocycles. The molecule has 4 heteroatoms. The fraction of sp³-hybridized carbons (Fsp3) is 0.812. The van der Waals surface area contributed by atoms with Crippen LogP contribution in [0, 0.1) is 0 Å². The molecule has 1 atom stereocenters. The Balaban J connectivity index is 1.89. The Morgan fingerprint density at radius 2 is 1.90 bits per heavy atom. The molecule has 0 bridgehead atoms. The van der Waals surface area contributed by atoms with Crippen LogP contribution in [0.5, 0.6) is 0 Å². The predicted molar refractivity (Wildman–Crippen MR) is 79.5 cm³/mol. The lowest BCUT2D eigenvalue weighted by Gasteiger charge is -2.46. The topological polar surface area (TPSA) is 41.3 Å². The summed E-state index contributed by atoms with van der Waals surface area (Å²) >= 11 is 0. The third-order valence-electron chi connectivity index (χ3n) is 5.29. The molecule has 2 heterocycles. The second-order valence-electron chi connectivity index (χ2n) is 6.33. The molecule has 1 N–H and O–H groups in total. The number of aliphatic hydroxyl groups excluding tert-OH is 1. The summed E-state index contributed by atoms with van der Waals surface area (Å²) in [5, 5.41) is 15.5. The van der Waals surface area contributed by atoms with E-state index in [4.69, 9.17) is 0 Å². The van der Waals surface area contributed by atoms with E-state index in [1.807, 2.05) is 16.9 Å². The van der Waals surface area contributed by atoms with Gasteiger partial charge in [-0.3, -0.25) is 9.58 Å². The van der Waals surface area contributed by atoms with E-state index < -0.39 is 6.10 Å². The fourth-order valence-corrected chi connectivity index (χ4v) is 4.20. The van der Waals surface area contributed by atoms with Crippen LogP contribution < -0.4 is 0 Å². The van der Waals surface area contributed by atoms with Crippen molar-refractivity contribution < 1.29 is 5.11 Å². The molecule has 0 amide bonds. The van der Waals surface area contributed by atoms with Crippen LogP contribution in [0.1, 0.15) is 63.7 Å². The monoisotopic (exact) mass is 277 g/mol. The van der Waals surface area contributed by atoms with Gasteiger partial charge in [0.15, 0.2) is 0 Å². The molecule has 2 aliphatic rings. The molecule has 2 fully saturated rings. The molecule has 0 radical (unpaired) electrons. The highest BCUT2D eigenvalue weighted by molar-refractivity contribution is 5.14. The normalized spacial score (nSPS) is 24.9. The van der Waals surface area contributed by atoms with E-state index in [1.165, 1.54) is 32.1 Å². The van der Waals surface area contributed by atoms with Gasteiger partial charge in [0.25, 0.3) is 0 Å². The number of likely N-dealkylation sites (tertiary alicyclic amines) is 1. The van der Waals surface area contributed by atoms with Crippen molar-refractivity contribution in [3.63, 3.8) is 0 Å². The van der Waals surface area contributed by atoms with Crippen LogP contribution in [0.15, 0.2) is 12.3 Å². The van der Waals surface area contributed by atoms with Crippen molar-refractivity contribution >= 4 is 0 Å².